The van der Waals surface area contributed by atoms with Crippen LogP contribution in [0.3, 0.4) is 0 Å². The van der Waals surface area contributed by atoms with Gasteiger partial charge in [-0.2, -0.15) is 0 Å². The van der Waals surface area contributed by atoms with E-state index in [4.69, 9.17) is 4.74 Å². The lowest BCUT2D eigenvalue weighted by molar-refractivity contribution is -0.136. The van der Waals surface area contributed by atoms with Gasteiger partial charge >= 0.3 is 0 Å². The van der Waals surface area contributed by atoms with Crippen LogP contribution in [0, 0.1) is 5.92 Å². The Morgan fingerprint density at radius 2 is 1.90 bits per heavy atom. The van der Waals surface area contributed by atoms with Gasteiger partial charge < -0.3 is 14.5 Å². The minimum atomic E-state index is 0.149. The molecule has 2 rings (SSSR count). The van der Waals surface area contributed by atoms with Gasteiger partial charge in [-0.1, -0.05) is 6.42 Å². The molecule has 0 aromatic carbocycles. The summed E-state index contributed by atoms with van der Waals surface area (Å²) in [6.45, 7) is 6.97. The molecule has 116 valence electrons. The van der Waals surface area contributed by atoms with Crippen molar-refractivity contribution in [2.45, 2.75) is 51.5 Å². The first kappa shape index (κ1) is 15.8. The lowest BCUT2D eigenvalue weighted by atomic mass is 9.92. The summed E-state index contributed by atoms with van der Waals surface area (Å²) in [5.41, 5.74) is 0. The Bertz CT molecular complexity index is 301. The summed E-state index contributed by atoms with van der Waals surface area (Å²) >= 11 is 0. The number of piperidine rings is 2. The quantitative estimate of drug-likeness (QED) is 0.774. The highest BCUT2D eigenvalue weighted by Crippen LogP contribution is 2.23. The fourth-order valence-electron chi connectivity index (χ4n) is 3.52. The smallest absolute Gasteiger partial charge is 0.248 e. The highest BCUT2D eigenvalue weighted by atomic mass is 16.5. The molecule has 2 saturated heterocycles. The van der Waals surface area contributed by atoms with Crippen LogP contribution in [0.5, 0.6) is 0 Å². The van der Waals surface area contributed by atoms with Crippen LogP contribution < -0.4 is 0 Å². The number of hydrogen-bond acceptors (Lipinski definition) is 3. The maximum atomic E-state index is 11.7. The van der Waals surface area contributed by atoms with Crippen LogP contribution in [-0.2, 0) is 9.53 Å². The summed E-state index contributed by atoms with van der Waals surface area (Å²) in [4.78, 5) is 16.4. The highest BCUT2D eigenvalue weighted by molar-refractivity contribution is 5.77. The van der Waals surface area contributed by atoms with Crippen LogP contribution in [0.4, 0.5) is 0 Å². The predicted octanol–water partition coefficient (Wildman–Crippen LogP) is 2.14. The molecule has 0 aromatic rings. The molecule has 4 nitrogen and oxygen atoms in total. The lowest BCUT2D eigenvalue weighted by Crippen LogP contribution is -2.42. The van der Waals surface area contributed by atoms with Crippen LogP contribution in [0.25, 0.3) is 0 Å². The standard InChI is InChI=1S/C16H30N2O2/c1-14-5-3-4-9-17(14)10-6-15-7-11-18(12-8-15)16(19)13-20-2/h14-15H,3-13H2,1-2H3/t14-/m1/s1. The second-order valence-electron chi connectivity index (χ2n) is 6.43. The minimum absolute atomic E-state index is 0.149. The second-order valence-corrected chi connectivity index (χ2v) is 6.43. The molecule has 2 aliphatic heterocycles. The zero-order valence-corrected chi connectivity index (χ0v) is 13.1. The Balaban J connectivity index is 1.65. The maximum absolute atomic E-state index is 11.7. The van der Waals surface area contributed by atoms with E-state index in [0.717, 1.165) is 37.9 Å². The van der Waals surface area contributed by atoms with E-state index in [1.165, 1.54) is 38.8 Å². The third-order valence-corrected chi connectivity index (χ3v) is 5.00. The van der Waals surface area contributed by atoms with Crippen molar-refractivity contribution in [2.75, 3.05) is 39.9 Å². The van der Waals surface area contributed by atoms with Crippen molar-refractivity contribution < 1.29 is 9.53 Å². The van der Waals surface area contributed by atoms with E-state index in [9.17, 15) is 4.79 Å². The Labute approximate surface area is 123 Å². The molecule has 0 aromatic heterocycles. The number of carbonyl (C=O) groups excluding carboxylic acids is 1. The third kappa shape index (κ3) is 4.45. The molecule has 0 unspecified atom stereocenters. The van der Waals surface area contributed by atoms with Gasteiger partial charge in [0.25, 0.3) is 0 Å². The SMILES string of the molecule is COCC(=O)N1CCC(CCN2CCCC[C@H]2C)CC1. The largest absolute Gasteiger partial charge is 0.375 e. The number of methoxy groups -OCH3 is 1. The molecule has 0 aliphatic carbocycles. The van der Waals surface area contributed by atoms with Crippen LogP contribution in [-0.4, -0.2) is 61.6 Å². The van der Waals surface area contributed by atoms with Gasteiger partial charge in [0.1, 0.15) is 6.61 Å². The van der Waals surface area contributed by atoms with E-state index < -0.39 is 0 Å². The van der Waals surface area contributed by atoms with Gasteiger partial charge in [-0.05, 0) is 58.0 Å². The number of likely N-dealkylation sites (tertiary alicyclic amines) is 2. The van der Waals surface area contributed by atoms with Crippen molar-refractivity contribution in [3.05, 3.63) is 0 Å². The zero-order valence-electron chi connectivity index (χ0n) is 13.1. The molecule has 0 radical (unpaired) electrons. The molecule has 2 fully saturated rings. The summed E-state index contributed by atoms with van der Waals surface area (Å²) in [5, 5.41) is 0. The molecule has 0 spiro atoms. The molecule has 0 saturated carbocycles. The molecule has 1 atom stereocenters. The Morgan fingerprint density at radius 3 is 2.55 bits per heavy atom. The van der Waals surface area contributed by atoms with E-state index in [1.54, 1.807) is 7.11 Å². The second kappa shape index (κ2) is 7.99. The number of nitrogens with zero attached hydrogens (tertiary/aromatic N) is 2. The van der Waals surface area contributed by atoms with Gasteiger partial charge in [0.2, 0.25) is 5.91 Å². The Hall–Kier alpha value is -0.610. The fourth-order valence-corrected chi connectivity index (χ4v) is 3.52. The van der Waals surface area contributed by atoms with Crippen molar-refractivity contribution in [1.29, 1.82) is 0 Å². The van der Waals surface area contributed by atoms with E-state index in [2.05, 4.69) is 11.8 Å². The van der Waals surface area contributed by atoms with Crippen molar-refractivity contribution in [3.63, 3.8) is 0 Å². The van der Waals surface area contributed by atoms with E-state index in [0.29, 0.717) is 0 Å². The van der Waals surface area contributed by atoms with Crippen LogP contribution in [0.15, 0.2) is 0 Å². The molecule has 0 bridgehead atoms. The number of amides is 1. The number of carbonyl (C=O) groups is 1. The van der Waals surface area contributed by atoms with Gasteiger partial charge in [0.05, 0.1) is 0 Å². The minimum Gasteiger partial charge on any atom is -0.375 e. The van der Waals surface area contributed by atoms with Crippen molar-refractivity contribution >= 4 is 5.91 Å². The molecule has 0 N–H and O–H groups in total. The number of rotatable bonds is 5. The van der Waals surface area contributed by atoms with E-state index >= 15 is 0 Å². The lowest BCUT2D eigenvalue weighted by Gasteiger charge is -2.36. The highest BCUT2D eigenvalue weighted by Gasteiger charge is 2.24. The van der Waals surface area contributed by atoms with Gasteiger partial charge in [-0.25, -0.2) is 0 Å². The van der Waals surface area contributed by atoms with Gasteiger partial charge in [0, 0.05) is 26.2 Å². The average Bonchev–Trinajstić information content (AvgIpc) is 2.47. The van der Waals surface area contributed by atoms with Crippen molar-refractivity contribution in [1.82, 2.24) is 9.80 Å². The van der Waals surface area contributed by atoms with Crippen LogP contribution >= 0.6 is 0 Å². The molecule has 1 amide bonds. The first-order valence-corrected chi connectivity index (χ1v) is 8.21. The van der Waals surface area contributed by atoms with Gasteiger partial charge in [-0.3, -0.25) is 4.79 Å². The molecule has 4 heteroatoms. The zero-order chi connectivity index (χ0) is 14.4. The van der Waals surface area contributed by atoms with Gasteiger partial charge in [0.15, 0.2) is 0 Å². The monoisotopic (exact) mass is 282 g/mol. The van der Waals surface area contributed by atoms with Crippen molar-refractivity contribution in [2.24, 2.45) is 5.92 Å². The first-order valence-electron chi connectivity index (χ1n) is 8.21. The molecular formula is C16H30N2O2. The first-order chi connectivity index (χ1) is 9.70. The summed E-state index contributed by atoms with van der Waals surface area (Å²) in [7, 11) is 1.59. The molecule has 20 heavy (non-hydrogen) atoms. The van der Waals surface area contributed by atoms with Gasteiger partial charge in [-0.15, -0.1) is 0 Å². The third-order valence-electron chi connectivity index (χ3n) is 5.00. The molecule has 2 aliphatic rings. The van der Waals surface area contributed by atoms with Crippen LogP contribution in [0.1, 0.15) is 45.4 Å². The Kier molecular flexibility index (Phi) is 6.30. The summed E-state index contributed by atoms with van der Waals surface area (Å²) in [5.74, 6) is 0.950. The summed E-state index contributed by atoms with van der Waals surface area (Å²) in [6, 6.07) is 0.770. The van der Waals surface area contributed by atoms with Crippen LogP contribution in [0.2, 0.25) is 0 Å². The normalized spacial score (nSPS) is 25.9. The van der Waals surface area contributed by atoms with E-state index in [1.807, 2.05) is 4.90 Å². The van der Waals surface area contributed by atoms with Crippen molar-refractivity contribution in [3.8, 4) is 0 Å². The predicted molar refractivity (Wildman–Crippen MR) is 80.7 cm³/mol. The Morgan fingerprint density at radius 1 is 1.15 bits per heavy atom. The molecule has 2 heterocycles. The topological polar surface area (TPSA) is 32.8 Å². The average molecular weight is 282 g/mol. The summed E-state index contributed by atoms with van der Waals surface area (Å²) < 4.78 is 4.92. The number of ether oxygens (including phenoxy) is 1. The summed E-state index contributed by atoms with van der Waals surface area (Å²) in [6.07, 6.45) is 7.77. The van der Waals surface area contributed by atoms with E-state index in [-0.39, 0.29) is 12.5 Å². The maximum Gasteiger partial charge on any atom is 0.248 e. The number of hydrogen-bond donors (Lipinski definition) is 0. The molecular weight excluding hydrogens is 252 g/mol. The fraction of sp³-hybridized carbons (Fsp3) is 0.938.